The molecule has 2 unspecified atom stereocenters. The summed E-state index contributed by atoms with van der Waals surface area (Å²) in [4.78, 5) is 97.4. The van der Waals surface area contributed by atoms with Crippen LogP contribution in [0.1, 0.15) is 27.6 Å². The lowest BCUT2D eigenvalue weighted by Crippen LogP contribution is -2.55. The molecule has 3 heterocycles. The van der Waals surface area contributed by atoms with Crippen molar-refractivity contribution < 1.29 is 48.3 Å². The number of benzene rings is 2. The third-order valence-corrected chi connectivity index (χ3v) is 9.10. The average molecular weight is 758 g/mol. The number of esters is 1. The lowest BCUT2D eigenvalue weighted by molar-refractivity contribution is -0.0179. The molecule has 0 radical (unpaired) electrons. The first-order valence-electron chi connectivity index (χ1n) is 17.1. The van der Waals surface area contributed by atoms with Gasteiger partial charge in [0.15, 0.2) is 11.9 Å². The predicted molar refractivity (Wildman–Crippen MR) is 188 cm³/mol. The Labute approximate surface area is 307 Å². The molecular formula is C34H43N7O13. The molecule has 20 nitrogen and oxygen atoms in total. The Morgan fingerprint density at radius 1 is 0.630 bits per heavy atom. The van der Waals surface area contributed by atoms with Crippen molar-refractivity contribution in [3.8, 4) is 0 Å². The normalized spacial score (nSPS) is 16.9. The lowest BCUT2D eigenvalue weighted by atomic mass is 9.98. The van der Waals surface area contributed by atoms with Crippen molar-refractivity contribution in [1.82, 2.24) is 33.3 Å². The van der Waals surface area contributed by atoms with Gasteiger partial charge in [0.05, 0.1) is 51.6 Å². The molecule has 2 aliphatic heterocycles. The number of methoxy groups -OCH3 is 2. The number of hydrogen-bond donors (Lipinski definition) is 2. The van der Waals surface area contributed by atoms with Crippen molar-refractivity contribution in [2.24, 2.45) is 0 Å². The van der Waals surface area contributed by atoms with Gasteiger partial charge in [-0.2, -0.15) is 0 Å². The Morgan fingerprint density at radius 2 is 1.11 bits per heavy atom. The highest BCUT2D eigenvalue weighted by Gasteiger charge is 2.58. The maximum absolute atomic E-state index is 13.5. The minimum absolute atomic E-state index is 0.0175. The zero-order valence-electron chi connectivity index (χ0n) is 30.1. The number of ketones is 1. The molecule has 2 fully saturated rings. The van der Waals surface area contributed by atoms with Crippen LogP contribution in [-0.4, -0.2) is 153 Å². The fraction of sp³-hybridized carbons (Fsp3) is 0.500. The van der Waals surface area contributed by atoms with E-state index in [1.807, 2.05) is 0 Å². The molecule has 2 aliphatic rings. The number of carbonyl (C=O) groups excluding carboxylic acids is 4. The predicted octanol–water partition coefficient (Wildman–Crippen LogP) is -1.28. The molecule has 2 N–H and O–H groups in total. The molecule has 292 valence electrons. The van der Waals surface area contributed by atoms with E-state index in [0.29, 0.717) is 5.39 Å². The van der Waals surface area contributed by atoms with Crippen LogP contribution in [-0.2, 0) is 38.6 Å². The lowest BCUT2D eigenvalue weighted by Gasteiger charge is -2.29. The number of urea groups is 2. The molecule has 20 heteroatoms. The molecule has 2 atom stereocenters. The van der Waals surface area contributed by atoms with Gasteiger partial charge in [0, 0.05) is 32.9 Å². The van der Waals surface area contributed by atoms with Gasteiger partial charge in [-0.3, -0.25) is 24.4 Å². The van der Waals surface area contributed by atoms with Crippen LogP contribution in [0.3, 0.4) is 0 Å². The fourth-order valence-electron chi connectivity index (χ4n) is 6.60. The molecular weight excluding hydrogens is 714 g/mol. The van der Waals surface area contributed by atoms with Crippen LogP contribution in [0.2, 0.25) is 0 Å². The molecule has 0 spiro atoms. The SMILES string of the molecule is COCCn1c(=O)n(CCOCN2C(=O)N(CCO)C3C2N(COC)C(=O)N3CCO)c(=O)n(CCOC(=O)c2cc3ccccc3cc2C(C)=O)c1=O. The van der Waals surface area contributed by atoms with Crippen molar-refractivity contribution in [3.63, 3.8) is 0 Å². The number of rotatable bonds is 19. The van der Waals surface area contributed by atoms with Crippen LogP contribution >= 0.6 is 0 Å². The highest BCUT2D eigenvalue weighted by molar-refractivity contribution is 6.09. The van der Waals surface area contributed by atoms with Gasteiger partial charge in [0.1, 0.15) is 26.2 Å². The van der Waals surface area contributed by atoms with Crippen molar-refractivity contribution in [2.75, 3.05) is 73.8 Å². The smallest absolute Gasteiger partial charge is 0.338 e. The van der Waals surface area contributed by atoms with Crippen molar-refractivity contribution in [2.45, 2.75) is 38.9 Å². The zero-order valence-corrected chi connectivity index (χ0v) is 30.1. The average Bonchev–Trinajstić information content (AvgIpc) is 3.57. The van der Waals surface area contributed by atoms with Crippen LogP contribution in [0.25, 0.3) is 10.8 Å². The summed E-state index contributed by atoms with van der Waals surface area (Å²) in [5.41, 5.74) is -2.75. The maximum atomic E-state index is 13.5. The van der Waals surface area contributed by atoms with E-state index >= 15 is 0 Å². The standard InChI is InChI=1S/C34H43N7O13/c1-22(44)25-18-23-6-4-5-7-24(23)19-26(25)29(45)54-17-12-39-33(49)37(10-15-51-2)32(48)38(34(39)50)11-16-53-21-41-28-27(36(9-14-43)31(41)47)35(8-13-42)30(46)40(28)20-52-3/h4-7,18-19,27-28,42-43H,8-17,20-21H2,1-3H3. The summed E-state index contributed by atoms with van der Waals surface area (Å²) in [6.07, 6.45) is -1.78. The number of hydrogen-bond acceptors (Lipinski definition) is 13. The number of ether oxygens (including phenoxy) is 4. The van der Waals surface area contributed by atoms with Gasteiger partial charge in [-0.1, -0.05) is 24.3 Å². The molecule has 0 bridgehead atoms. The molecule has 54 heavy (non-hydrogen) atoms. The highest BCUT2D eigenvalue weighted by atomic mass is 16.5. The third kappa shape index (κ3) is 7.78. The Bertz CT molecular complexity index is 2060. The van der Waals surface area contributed by atoms with Gasteiger partial charge in [-0.05, 0) is 29.8 Å². The number of Topliss-reactive ketones (excluding diaryl/α,β-unsaturated/α-hetero) is 1. The van der Waals surface area contributed by atoms with E-state index in [1.165, 1.54) is 46.8 Å². The summed E-state index contributed by atoms with van der Waals surface area (Å²) >= 11 is 0. The quantitative estimate of drug-likeness (QED) is 0.0827. The summed E-state index contributed by atoms with van der Waals surface area (Å²) in [6, 6.07) is 9.19. The Hall–Kier alpha value is -5.41. The number of aliphatic hydroxyl groups is 2. The number of aliphatic hydroxyl groups excluding tert-OH is 2. The van der Waals surface area contributed by atoms with Crippen LogP contribution in [0.4, 0.5) is 9.59 Å². The molecule has 2 aromatic carbocycles. The summed E-state index contributed by atoms with van der Waals surface area (Å²) in [6.45, 7) is -2.03. The minimum atomic E-state index is -1.01. The van der Waals surface area contributed by atoms with Gasteiger partial charge in [0.25, 0.3) is 0 Å². The van der Waals surface area contributed by atoms with Crippen molar-refractivity contribution in [1.29, 1.82) is 0 Å². The van der Waals surface area contributed by atoms with E-state index in [0.717, 1.165) is 19.1 Å². The summed E-state index contributed by atoms with van der Waals surface area (Å²) < 4.78 is 23.7. The van der Waals surface area contributed by atoms with Gasteiger partial charge in [-0.25, -0.2) is 42.5 Å². The van der Waals surface area contributed by atoms with Crippen LogP contribution in [0.5, 0.6) is 0 Å². The van der Waals surface area contributed by atoms with E-state index in [1.54, 1.807) is 30.3 Å². The largest absolute Gasteiger partial charge is 0.460 e. The Kier molecular flexibility index (Phi) is 13.0. The number of β-amino-alcohol motifs (C(OH)–C–C–N with tert-alkyl or cyclic N) is 2. The molecule has 4 amide bonds. The van der Waals surface area contributed by atoms with Crippen molar-refractivity contribution in [3.05, 3.63) is 79.0 Å². The number of aromatic nitrogens is 3. The topological polar surface area (TPSA) is 225 Å². The first-order valence-corrected chi connectivity index (χ1v) is 17.1. The number of amides is 4. The second-order valence-corrected chi connectivity index (χ2v) is 12.4. The Balaban J connectivity index is 1.33. The number of carbonyl (C=O) groups is 4. The molecule has 0 saturated carbocycles. The summed E-state index contributed by atoms with van der Waals surface area (Å²) in [5.74, 6) is -1.20. The zero-order chi connectivity index (χ0) is 39.1. The molecule has 0 aliphatic carbocycles. The monoisotopic (exact) mass is 757 g/mol. The van der Waals surface area contributed by atoms with Crippen molar-refractivity contribution >= 4 is 34.6 Å². The van der Waals surface area contributed by atoms with Gasteiger partial charge in [-0.15, -0.1) is 0 Å². The third-order valence-electron chi connectivity index (χ3n) is 9.10. The van der Waals surface area contributed by atoms with E-state index in [4.69, 9.17) is 18.9 Å². The second kappa shape index (κ2) is 17.6. The fourth-order valence-corrected chi connectivity index (χ4v) is 6.60. The van der Waals surface area contributed by atoms with Gasteiger partial charge >= 0.3 is 35.1 Å². The molecule has 5 rings (SSSR count). The second-order valence-electron chi connectivity index (χ2n) is 12.4. The van der Waals surface area contributed by atoms with Gasteiger partial charge in [0.2, 0.25) is 0 Å². The van der Waals surface area contributed by atoms with E-state index < -0.39 is 73.9 Å². The van der Waals surface area contributed by atoms with Gasteiger partial charge < -0.3 is 29.2 Å². The Morgan fingerprint density at radius 3 is 1.61 bits per heavy atom. The summed E-state index contributed by atoms with van der Waals surface area (Å²) in [5, 5.41) is 20.7. The first-order chi connectivity index (χ1) is 26.0. The minimum Gasteiger partial charge on any atom is -0.460 e. The molecule has 2 saturated heterocycles. The molecule has 3 aromatic rings. The van der Waals surface area contributed by atoms with E-state index in [9.17, 15) is 43.8 Å². The van der Waals surface area contributed by atoms with Crippen LogP contribution in [0, 0.1) is 0 Å². The highest BCUT2D eigenvalue weighted by Crippen LogP contribution is 2.34. The molecule has 1 aromatic heterocycles. The van der Waals surface area contributed by atoms with E-state index in [-0.39, 0.29) is 69.6 Å². The van der Waals surface area contributed by atoms with Crippen LogP contribution < -0.4 is 17.1 Å². The maximum Gasteiger partial charge on any atom is 0.338 e. The summed E-state index contributed by atoms with van der Waals surface area (Å²) in [7, 11) is 2.74. The van der Waals surface area contributed by atoms with E-state index in [2.05, 4.69) is 0 Å². The number of nitrogens with zero attached hydrogens (tertiary/aromatic N) is 7. The number of fused-ring (bicyclic) bond motifs is 2. The van der Waals surface area contributed by atoms with Crippen LogP contribution in [0.15, 0.2) is 50.8 Å². The first kappa shape index (κ1) is 39.8.